The summed E-state index contributed by atoms with van der Waals surface area (Å²) in [4.78, 5) is 11.6. The number of hydrogen-bond acceptors (Lipinski definition) is 6. The highest BCUT2D eigenvalue weighted by Gasteiger charge is 2.50. The van der Waals surface area contributed by atoms with Crippen LogP contribution in [0.1, 0.15) is 18.4 Å². The first-order valence-electron chi connectivity index (χ1n) is 10.2. The smallest absolute Gasteiger partial charge is 0.244 e. The van der Waals surface area contributed by atoms with Crippen molar-refractivity contribution in [2.75, 3.05) is 30.3 Å². The Hall–Kier alpha value is -2.16. The van der Waals surface area contributed by atoms with Gasteiger partial charge in [0.05, 0.1) is 27.0 Å². The number of benzene rings is 2. The third-order valence-corrected chi connectivity index (χ3v) is 9.88. The molecule has 0 atom stereocenters. The van der Waals surface area contributed by atoms with Crippen molar-refractivity contribution >= 4 is 38.6 Å². The van der Waals surface area contributed by atoms with E-state index in [1.54, 1.807) is 28.2 Å². The van der Waals surface area contributed by atoms with Crippen LogP contribution in [0.3, 0.4) is 0 Å². The molecular formula is C22H24N4O2S2. The van der Waals surface area contributed by atoms with Gasteiger partial charge in [-0.15, -0.1) is 11.8 Å². The Morgan fingerprint density at radius 1 is 0.967 bits per heavy atom. The molecule has 1 spiro atoms. The fourth-order valence-electron chi connectivity index (χ4n) is 4.48. The zero-order valence-electron chi connectivity index (χ0n) is 16.9. The van der Waals surface area contributed by atoms with E-state index in [9.17, 15) is 8.42 Å². The SMILES string of the molecule is Cc1ccccc1S(=O)(=O)N1CCSC12CCN(c1cnc3ccccc3n1)CC2. The van der Waals surface area contributed by atoms with E-state index in [2.05, 4.69) is 9.88 Å². The topological polar surface area (TPSA) is 66.4 Å². The summed E-state index contributed by atoms with van der Waals surface area (Å²) in [6.45, 7) is 3.96. The van der Waals surface area contributed by atoms with Crippen LogP contribution in [0.4, 0.5) is 5.82 Å². The molecule has 3 heterocycles. The van der Waals surface area contributed by atoms with Crippen LogP contribution in [-0.4, -0.2) is 52.9 Å². The molecule has 0 saturated carbocycles. The van der Waals surface area contributed by atoms with Crippen LogP contribution in [0, 0.1) is 6.92 Å². The number of piperidine rings is 1. The van der Waals surface area contributed by atoms with Crippen molar-refractivity contribution in [3.05, 3.63) is 60.3 Å². The van der Waals surface area contributed by atoms with Gasteiger partial charge in [-0.05, 0) is 43.5 Å². The molecule has 0 unspecified atom stereocenters. The van der Waals surface area contributed by atoms with Crippen molar-refractivity contribution in [2.24, 2.45) is 0 Å². The van der Waals surface area contributed by atoms with Crippen LogP contribution in [0.2, 0.25) is 0 Å². The van der Waals surface area contributed by atoms with Crippen molar-refractivity contribution in [3.63, 3.8) is 0 Å². The number of para-hydroxylation sites is 2. The number of nitrogens with zero attached hydrogens (tertiary/aromatic N) is 4. The maximum Gasteiger partial charge on any atom is 0.244 e. The van der Waals surface area contributed by atoms with Gasteiger partial charge in [0.15, 0.2) is 0 Å². The van der Waals surface area contributed by atoms with Crippen LogP contribution < -0.4 is 4.90 Å². The number of aromatic nitrogens is 2. The van der Waals surface area contributed by atoms with Crippen molar-refractivity contribution < 1.29 is 8.42 Å². The van der Waals surface area contributed by atoms with Gasteiger partial charge in [-0.3, -0.25) is 4.98 Å². The third kappa shape index (κ3) is 3.27. The molecule has 6 nitrogen and oxygen atoms in total. The van der Waals surface area contributed by atoms with E-state index in [0.29, 0.717) is 11.4 Å². The van der Waals surface area contributed by atoms with Gasteiger partial charge < -0.3 is 4.90 Å². The summed E-state index contributed by atoms with van der Waals surface area (Å²) in [6, 6.07) is 15.1. The van der Waals surface area contributed by atoms with Crippen LogP contribution in [-0.2, 0) is 10.0 Å². The molecule has 2 aromatic carbocycles. The molecule has 1 aromatic heterocycles. The largest absolute Gasteiger partial charge is 0.355 e. The van der Waals surface area contributed by atoms with Crippen molar-refractivity contribution in [1.82, 2.24) is 14.3 Å². The van der Waals surface area contributed by atoms with Crippen LogP contribution in [0.15, 0.2) is 59.6 Å². The molecule has 2 fully saturated rings. The van der Waals surface area contributed by atoms with Gasteiger partial charge in [-0.25, -0.2) is 13.4 Å². The number of rotatable bonds is 3. The van der Waals surface area contributed by atoms with E-state index in [4.69, 9.17) is 4.98 Å². The zero-order valence-corrected chi connectivity index (χ0v) is 18.5. The molecule has 2 aliphatic rings. The van der Waals surface area contributed by atoms with Gasteiger partial charge in [-0.1, -0.05) is 30.3 Å². The lowest BCUT2D eigenvalue weighted by Crippen LogP contribution is -2.52. The fraction of sp³-hybridized carbons (Fsp3) is 0.364. The number of thioether (sulfide) groups is 1. The van der Waals surface area contributed by atoms with Crippen LogP contribution in [0.25, 0.3) is 11.0 Å². The average Bonchev–Trinajstić information content (AvgIpc) is 3.18. The molecule has 0 amide bonds. The number of aryl methyl sites for hydroxylation is 1. The minimum absolute atomic E-state index is 0.373. The zero-order chi connectivity index (χ0) is 20.8. The summed E-state index contributed by atoms with van der Waals surface area (Å²) in [5, 5.41) is 0. The van der Waals surface area contributed by atoms with Gasteiger partial charge in [-0.2, -0.15) is 4.31 Å². The molecule has 0 radical (unpaired) electrons. The Bertz CT molecular complexity index is 1190. The maximum atomic E-state index is 13.5. The number of anilines is 1. The van der Waals surface area contributed by atoms with Gasteiger partial charge in [0, 0.05) is 25.4 Å². The van der Waals surface area contributed by atoms with E-state index >= 15 is 0 Å². The monoisotopic (exact) mass is 440 g/mol. The Morgan fingerprint density at radius 3 is 2.43 bits per heavy atom. The second-order valence-electron chi connectivity index (χ2n) is 7.84. The second-order valence-corrected chi connectivity index (χ2v) is 11.1. The van der Waals surface area contributed by atoms with Crippen LogP contribution in [0.5, 0.6) is 0 Å². The summed E-state index contributed by atoms with van der Waals surface area (Å²) in [7, 11) is -3.52. The molecule has 5 rings (SSSR count). The molecule has 156 valence electrons. The molecule has 0 N–H and O–H groups in total. The maximum absolute atomic E-state index is 13.5. The number of hydrogen-bond donors (Lipinski definition) is 0. The Labute approximate surface area is 181 Å². The first kappa shape index (κ1) is 19.8. The highest BCUT2D eigenvalue weighted by Crippen LogP contribution is 2.47. The second kappa shape index (κ2) is 7.51. The molecule has 0 aliphatic carbocycles. The minimum atomic E-state index is -3.52. The van der Waals surface area contributed by atoms with E-state index in [-0.39, 0.29) is 4.87 Å². The van der Waals surface area contributed by atoms with Crippen molar-refractivity contribution in [3.8, 4) is 0 Å². The standard InChI is InChI=1S/C22H24N4O2S2/c1-17-6-2-5-9-20(17)30(27,28)26-14-15-29-22(26)10-12-25(13-11-22)21-16-23-18-7-3-4-8-19(18)24-21/h2-9,16H,10-15H2,1H3. The molecule has 8 heteroatoms. The quantitative estimate of drug-likeness (QED) is 0.619. The molecule has 2 saturated heterocycles. The van der Waals surface area contributed by atoms with Crippen LogP contribution >= 0.6 is 11.8 Å². The summed E-state index contributed by atoms with van der Waals surface area (Å²) < 4.78 is 28.8. The highest BCUT2D eigenvalue weighted by molar-refractivity contribution is 8.02. The van der Waals surface area contributed by atoms with E-state index in [1.807, 2.05) is 49.5 Å². The summed E-state index contributed by atoms with van der Waals surface area (Å²) in [5.74, 6) is 1.70. The molecule has 3 aromatic rings. The normalized spacial score (nSPS) is 19.6. The Morgan fingerprint density at radius 2 is 1.67 bits per heavy atom. The van der Waals surface area contributed by atoms with E-state index in [0.717, 1.165) is 54.1 Å². The Balaban J connectivity index is 1.39. The number of fused-ring (bicyclic) bond motifs is 1. The summed E-state index contributed by atoms with van der Waals surface area (Å²) >= 11 is 1.78. The first-order valence-corrected chi connectivity index (χ1v) is 12.6. The predicted octanol–water partition coefficient (Wildman–Crippen LogP) is 3.67. The van der Waals surface area contributed by atoms with E-state index in [1.165, 1.54) is 0 Å². The molecule has 30 heavy (non-hydrogen) atoms. The third-order valence-electron chi connectivity index (χ3n) is 6.09. The van der Waals surface area contributed by atoms with E-state index < -0.39 is 10.0 Å². The Kier molecular flexibility index (Phi) is 4.95. The van der Waals surface area contributed by atoms with Crippen molar-refractivity contribution in [1.29, 1.82) is 0 Å². The molecule has 0 bridgehead atoms. The number of sulfonamides is 1. The van der Waals surface area contributed by atoms with Gasteiger partial charge in [0.2, 0.25) is 10.0 Å². The van der Waals surface area contributed by atoms with Crippen molar-refractivity contribution in [2.45, 2.75) is 29.5 Å². The minimum Gasteiger partial charge on any atom is -0.355 e. The van der Waals surface area contributed by atoms with Gasteiger partial charge >= 0.3 is 0 Å². The predicted molar refractivity (Wildman–Crippen MR) is 121 cm³/mol. The lowest BCUT2D eigenvalue weighted by atomic mass is 10.0. The molecule has 2 aliphatic heterocycles. The summed E-state index contributed by atoms with van der Waals surface area (Å²) in [5.41, 5.74) is 2.57. The molecular weight excluding hydrogens is 416 g/mol. The highest BCUT2D eigenvalue weighted by atomic mass is 32.2. The first-order chi connectivity index (χ1) is 14.5. The van der Waals surface area contributed by atoms with Gasteiger partial charge in [0.25, 0.3) is 0 Å². The average molecular weight is 441 g/mol. The fourth-order valence-corrected chi connectivity index (χ4v) is 8.32. The van der Waals surface area contributed by atoms with Gasteiger partial charge in [0.1, 0.15) is 5.82 Å². The lowest BCUT2D eigenvalue weighted by Gasteiger charge is -2.43. The summed E-state index contributed by atoms with van der Waals surface area (Å²) in [6.07, 6.45) is 3.37. The lowest BCUT2D eigenvalue weighted by molar-refractivity contribution is 0.266.